The van der Waals surface area contributed by atoms with Crippen molar-refractivity contribution in [2.45, 2.75) is 46.3 Å². The van der Waals surface area contributed by atoms with Gasteiger partial charge in [0, 0.05) is 36.2 Å². The highest BCUT2D eigenvalue weighted by atomic mass is 127. The van der Waals surface area contributed by atoms with Crippen LogP contribution < -0.4 is 20.1 Å². The number of benzene rings is 1. The minimum Gasteiger partial charge on any atom is -0.493 e. The molecule has 0 aromatic heterocycles. The van der Waals surface area contributed by atoms with Crippen LogP contribution in [0.2, 0.25) is 0 Å². The van der Waals surface area contributed by atoms with Crippen LogP contribution in [0.5, 0.6) is 11.5 Å². The number of ether oxygens (including phenoxy) is 2. The van der Waals surface area contributed by atoms with E-state index in [1.54, 1.807) is 14.2 Å². The molecule has 1 aliphatic heterocycles. The van der Waals surface area contributed by atoms with Gasteiger partial charge in [0.05, 0.1) is 20.8 Å². The number of hydrogen-bond acceptors (Lipinski definition) is 4. The predicted molar refractivity (Wildman–Crippen MR) is 130 cm³/mol. The van der Waals surface area contributed by atoms with E-state index >= 15 is 0 Å². The lowest BCUT2D eigenvalue weighted by molar-refractivity contribution is 0.265. The standard InChI is InChI=1S/C20H33BrN4O2.HI/c1-7-22-20(24-17-12-25(13(2)3)11-14(17)4)23-10-15-8-18(26-5)19(27-6)9-16(15)21;/h8-9,13-14,17H,7,10-12H2,1-6H3,(H2,22,23,24);1H. The fourth-order valence-corrected chi connectivity index (χ4v) is 3.74. The SMILES string of the molecule is CCNC(=NCc1cc(OC)c(OC)cc1Br)NC1CN(C(C)C)CC1C.I. The van der Waals surface area contributed by atoms with Crippen molar-refractivity contribution in [3.05, 3.63) is 22.2 Å². The Morgan fingerprint density at radius 1 is 1.25 bits per heavy atom. The Balaban J connectivity index is 0.00000392. The van der Waals surface area contributed by atoms with Crippen LogP contribution in [0.15, 0.2) is 21.6 Å². The van der Waals surface area contributed by atoms with E-state index in [0.29, 0.717) is 36.0 Å². The monoisotopic (exact) mass is 568 g/mol. The third kappa shape index (κ3) is 6.66. The Hall–Kier alpha value is -0.740. The molecule has 0 radical (unpaired) electrons. The molecular weight excluding hydrogens is 535 g/mol. The Morgan fingerprint density at radius 2 is 1.89 bits per heavy atom. The topological polar surface area (TPSA) is 58.1 Å². The molecule has 0 saturated carbocycles. The summed E-state index contributed by atoms with van der Waals surface area (Å²) < 4.78 is 11.7. The van der Waals surface area contributed by atoms with Gasteiger partial charge in [0.15, 0.2) is 17.5 Å². The van der Waals surface area contributed by atoms with Gasteiger partial charge in [0.1, 0.15) is 0 Å². The van der Waals surface area contributed by atoms with E-state index in [1.165, 1.54) is 0 Å². The molecule has 2 N–H and O–H groups in total. The number of hydrogen-bond donors (Lipinski definition) is 2. The fourth-order valence-electron chi connectivity index (χ4n) is 3.29. The summed E-state index contributed by atoms with van der Waals surface area (Å²) in [7, 11) is 3.28. The zero-order valence-electron chi connectivity index (χ0n) is 17.7. The Bertz CT molecular complexity index is 657. The van der Waals surface area contributed by atoms with E-state index in [0.717, 1.165) is 35.6 Å². The van der Waals surface area contributed by atoms with Crippen LogP contribution in [0.4, 0.5) is 0 Å². The number of guanidine groups is 1. The molecule has 1 fully saturated rings. The summed E-state index contributed by atoms with van der Waals surface area (Å²) in [6, 6.07) is 4.86. The zero-order valence-corrected chi connectivity index (χ0v) is 21.6. The van der Waals surface area contributed by atoms with Crippen LogP contribution in [0.1, 0.15) is 33.3 Å². The highest BCUT2D eigenvalue weighted by Crippen LogP contribution is 2.33. The molecule has 1 aliphatic rings. The number of methoxy groups -OCH3 is 2. The average molecular weight is 569 g/mol. The van der Waals surface area contributed by atoms with Crippen molar-refractivity contribution >= 4 is 45.9 Å². The zero-order chi connectivity index (χ0) is 20.0. The molecule has 1 heterocycles. The van der Waals surface area contributed by atoms with Gasteiger partial charge < -0.3 is 20.1 Å². The highest BCUT2D eigenvalue weighted by Gasteiger charge is 2.31. The van der Waals surface area contributed by atoms with E-state index in [2.05, 4.69) is 59.2 Å². The molecule has 160 valence electrons. The van der Waals surface area contributed by atoms with Crippen LogP contribution in [0.25, 0.3) is 0 Å². The van der Waals surface area contributed by atoms with Gasteiger partial charge in [-0.25, -0.2) is 4.99 Å². The summed E-state index contributed by atoms with van der Waals surface area (Å²) >= 11 is 3.61. The van der Waals surface area contributed by atoms with E-state index < -0.39 is 0 Å². The van der Waals surface area contributed by atoms with Crippen molar-refractivity contribution in [1.29, 1.82) is 0 Å². The number of nitrogens with one attached hydrogen (secondary N) is 2. The Labute approximate surface area is 195 Å². The van der Waals surface area contributed by atoms with Crippen LogP contribution >= 0.6 is 39.9 Å². The van der Waals surface area contributed by atoms with Crippen molar-refractivity contribution in [3.63, 3.8) is 0 Å². The smallest absolute Gasteiger partial charge is 0.191 e. The number of likely N-dealkylation sites (tertiary alicyclic amines) is 1. The molecule has 28 heavy (non-hydrogen) atoms. The molecule has 1 aromatic rings. The first kappa shape index (κ1) is 25.3. The van der Waals surface area contributed by atoms with Crippen molar-refractivity contribution in [1.82, 2.24) is 15.5 Å². The maximum absolute atomic E-state index is 5.41. The predicted octanol–water partition coefficient (Wildman–Crippen LogP) is 3.87. The fraction of sp³-hybridized carbons (Fsp3) is 0.650. The summed E-state index contributed by atoms with van der Waals surface area (Å²) in [4.78, 5) is 7.30. The minimum absolute atomic E-state index is 0. The van der Waals surface area contributed by atoms with Gasteiger partial charge in [0.2, 0.25) is 0 Å². The van der Waals surface area contributed by atoms with Gasteiger partial charge in [0.25, 0.3) is 0 Å². The first-order chi connectivity index (χ1) is 12.9. The molecule has 0 amide bonds. The highest BCUT2D eigenvalue weighted by molar-refractivity contribution is 14.0. The lowest BCUT2D eigenvalue weighted by atomic mass is 10.1. The lowest BCUT2D eigenvalue weighted by Crippen LogP contribution is -2.46. The van der Waals surface area contributed by atoms with Gasteiger partial charge >= 0.3 is 0 Å². The number of rotatable bonds is 7. The van der Waals surface area contributed by atoms with Crippen LogP contribution in [-0.2, 0) is 6.54 Å². The Kier molecular flexibility index (Phi) is 10.9. The molecular formula is C20H34BrIN4O2. The second-order valence-electron chi connectivity index (χ2n) is 7.27. The molecule has 0 bridgehead atoms. The summed E-state index contributed by atoms with van der Waals surface area (Å²) in [5.41, 5.74) is 1.05. The molecule has 1 aromatic carbocycles. The summed E-state index contributed by atoms with van der Waals surface area (Å²) in [5, 5.41) is 6.98. The molecule has 6 nitrogen and oxygen atoms in total. The van der Waals surface area contributed by atoms with Gasteiger partial charge in [-0.1, -0.05) is 22.9 Å². The molecule has 2 atom stereocenters. The minimum atomic E-state index is 0. The van der Waals surface area contributed by atoms with Crippen molar-refractivity contribution in [2.24, 2.45) is 10.9 Å². The second kappa shape index (κ2) is 12.1. The maximum Gasteiger partial charge on any atom is 0.191 e. The summed E-state index contributed by atoms with van der Waals surface area (Å²) in [6.07, 6.45) is 0. The third-order valence-electron chi connectivity index (χ3n) is 5.00. The number of aliphatic imine (C=N–C) groups is 1. The van der Waals surface area contributed by atoms with Crippen molar-refractivity contribution in [2.75, 3.05) is 33.9 Å². The van der Waals surface area contributed by atoms with E-state index in [-0.39, 0.29) is 24.0 Å². The molecule has 1 saturated heterocycles. The number of nitrogens with zero attached hydrogens (tertiary/aromatic N) is 2. The third-order valence-corrected chi connectivity index (χ3v) is 5.74. The molecule has 2 rings (SSSR count). The van der Waals surface area contributed by atoms with Gasteiger partial charge in [-0.05, 0) is 44.4 Å². The Morgan fingerprint density at radius 3 is 2.43 bits per heavy atom. The first-order valence-corrected chi connectivity index (χ1v) is 10.4. The molecule has 0 spiro atoms. The van der Waals surface area contributed by atoms with Crippen LogP contribution in [0.3, 0.4) is 0 Å². The van der Waals surface area contributed by atoms with Crippen LogP contribution in [-0.4, -0.2) is 56.8 Å². The largest absolute Gasteiger partial charge is 0.493 e. The van der Waals surface area contributed by atoms with Gasteiger partial charge in [-0.2, -0.15) is 0 Å². The van der Waals surface area contributed by atoms with E-state index in [9.17, 15) is 0 Å². The summed E-state index contributed by atoms with van der Waals surface area (Å²) in [6.45, 7) is 12.4. The van der Waals surface area contributed by atoms with Gasteiger partial charge in [-0.3, -0.25) is 4.90 Å². The average Bonchev–Trinajstić information content (AvgIpc) is 3.01. The molecule has 8 heteroatoms. The number of halogens is 2. The van der Waals surface area contributed by atoms with E-state index in [1.807, 2.05) is 12.1 Å². The second-order valence-corrected chi connectivity index (χ2v) is 8.12. The normalized spacial score (nSPS) is 20.1. The van der Waals surface area contributed by atoms with Gasteiger partial charge in [-0.15, -0.1) is 24.0 Å². The lowest BCUT2D eigenvalue weighted by Gasteiger charge is -2.22. The van der Waals surface area contributed by atoms with Crippen molar-refractivity contribution in [3.8, 4) is 11.5 Å². The summed E-state index contributed by atoms with van der Waals surface area (Å²) in [5.74, 6) is 2.85. The molecule has 0 aliphatic carbocycles. The van der Waals surface area contributed by atoms with E-state index in [4.69, 9.17) is 14.5 Å². The molecule has 2 unspecified atom stereocenters. The first-order valence-electron chi connectivity index (χ1n) is 9.58. The maximum atomic E-state index is 5.41. The quantitative estimate of drug-likeness (QED) is 0.297. The van der Waals surface area contributed by atoms with Crippen molar-refractivity contribution < 1.29 is 9.47 Å². The van der Waals surface area contributed by atoms with Crippen LogP contribution in [0, 0.1) is 5.92 Å².